The summed E-state index contributed by atoms with van der Waals surface area (Å²) in [5, 5.41) is 4.40. The van der Waals surface area contributed by atoms with Gasteiger partial charge in [-0.2, -0.15) is 9.52 Å². The lowest BCUT2D eigenvalue weighted by Gasteiger charge is -2.21. The van der Waals surface area contributed by atoms with Gasteiger partial charge in [0.1, 0.15) is 0 Å². The van der Waals surface area contributed by atoms with E-state index in [1.165, 1.54) is 10.7 Å². The molecule has 4 nitrogen and oxygen atoms in total. The fraction of sp³-hybridized carbons (Fsp3) is 0.235. The Balaban J connectivity index is 2.03. The van der Waals surface area contributed by atoms with Gasteiger partial charge in [0.25, 0.3) is 0 Å². The highest BCUT2D eigenvalue weighted by atomic mass is 79.9. The Kier molecular flexibility index (Phi) is 4.29. The van der Waals surface area contributed by atoms with Crippen LogP contribution in [0, 0.1) is 6.92 Å². The third-order valence-electron chi connectivity index (χ3n) is 3.80. The highest BCUT2D eigenvalue weighted by Gasteiger charge is 2.34. The lowest BCUT2D eigenvalue weighted by atomic mass is 9.98. The number of hydrogen-bond acceptors (Lipinski definition) is 3. The summed E-state index contributed by atoms with van der Waals surface area (Å²) >= 11 is 3.45. The van der Waals surface area contributed by atoms with Crippen molar-refractivity contribution >= 4 is 31.7 Å². The van der Waals surface area contributed by atoms with Crippen LogP contribution < -0.4 is 0 Å². The van der Waals surface area contributed by atoms with Gasteiger partial charge in [0.2, 0.25) is 10.0 Å². The lowest BCUT2D eigenvalue weighted by Crippen LogP contribution is -2.25. The van der Waals surface area contributed by atoms with Gasteiger partial charge in [-0.15, -0.1) is 0 Å². The van der Waals surface area contributed by atoms with E-state index in [0.717, 1.165) is 26.9 Å². The Morgan fingerprint density at radius 3 is 2.57 bits per heavy atom. The van der Waals surface area contributed by atoms with Crippen molar-refractivity contribution in [3.8, 4) is 0 Å². The molecule has 0 fully saturated rings. The van der Waals surface area contributed by atoms with Crippen LogP contribution in [-0.2, 0) is 10.0 Å². The maximum Gasteiger partial charge on any atom is 0.247 e. The first-order valence-electron chi connectivity index (χ1n) is 7.24. The zero-order valence-electron chi connectivity index (χ0n) is 12.9. The zero-order chi connectivity index (χ0) is 16.6. The molecule has 0 radical (unpaired) electrons. The molecule has 1 heterocycles. The quantitative estimate of drug-likeness (QED) is 0.795. The first-order valence-corrected chi connectivity index (χ1v) is 9.88. The molecule has 2 aromatic rings. The van der Waals surface area contributed by atoms with Crippen molar-refractivity contribution in [2.75, 3.05) is 6.26 Å². The Bertz CT molecular complexity index is 878. The number of hydrogen-bond donors (Lipinski definition) is 0. The molecule has 2 aromatic carbocycles. The monoisotopic (exact) mass is 392 g/mol. The highest BCUT2D eigenvalue weighted by Crippen LogP contribution is 2.35. The van der Waals surface area contributed by atoms with Gasteiger partial charge in [0, 0.05) is 10.9 Å². The van der Waals surface area contributed by atoms with E-state index < -0.39 is 10.0 Å². The third kappa shape index (κ3) is 3.48. The molecule has 6 heteroatoms. The van der Waals surface area contributed by atoms with Crippen LogP contribution >= 0.6 is 15.9 Å². The van der Waals surface area contributed by atoms with Crippen molar-refractivity contribution < 1.29 is 8.42 Å². The molecular formula is C17H17BrN2O2S. The second-order valence-electron chi connectivity index (χ2n) is 5.73. The summed E-state index contributed by atoms with van der Waals surface area (Å²) in [4.78, 5) is 0. The minimum absolute atomic E-state index is 0.293. The highest BCUT2D eigenvalue weighted by molar-refractivity contribution is 9.10. The SMILES string of the molecule is Cc1cccc([C@H]2CC(c3cccc(Br)c3)=NN2S(C)(=O)=O)c1. The number of aryl methyl sites for hydroxylation is 1. The second kappa shape index (κ2) is 6.09. The van der Waals surface area contributed by atoms with E-state index in [0.29, 0.717) is 6.42 Å². The van der Waals surface area contributed by atoms with Crippen LogP contribution in [0.4, 0.5) is 0 Å². The summed E-state index contributed by atoms with van der Waals surface area (Å²) in [6.45, 7) is 2.00. The molecule has 0 spiro atoms. The van der Waals surface area contributed by atoms with E-state index >= 15 is 0 Å². The molecule has 0 unspecified atom stereocenters. The van der Waals surface area contributed by atoms with Crippen LogP contribution in [0.3, 0.4) is 0 Å². The molecule has 1 aliphatic rings. The molecule has 0 saturated heterocycles. The van der Waals surface area contributed by atoms with Crippen LogP contribution in [0.25, 0.3) is 0 Å². The number of rotatable bonds is 3. The van der Waals surface area contributed by atoms with E-state index in [2.05, 4.69) is 21.0 Å². The Hall–Kier alpha value is -1.66. The molecule has 0 saturated carbocycles. The van der Waals surface area contributed by atoms with E-state index in [1.807, 2.05) is 55.5 Å². The first kappa shape index (κ1) is 16.2. The van der Waals surface area contributed by atoms with Gasteiger partial charge < -0.3 is 0 Å². The maximum atomic E-state index is 12.2. The largest absolute Gasteiger partial charge is 0.247 e. The fourth-order valence-electron chi connectivity index (χ4n) is 2.76. The Morgan fingerprint density at radius 2 is 1.91 bits per heavy atom. The van der Waals surface area contributed by atoms with E-state index in [-0.39, 0.29) is 6.04 Å². The van der Waals surface area contributed by atoms with Gasteiger partial charge in [-0.3, -0.25) is 0 Å². The third-order valence-corrected chi connectivity index (χ3v) is 5.31. The molecule has 3 rings (SSSR count). The minimum atomic E-state index is -3.43. The summed E-state index contributed by atoms with van der Waals surface area (Å²) in [6.07, 6.45) is 1.76. The molecule has 120 valence electrons. The Labute approximate surface area is 145 Å². The standard InChI is InChI=1S/C17H17BrN2O2S/c1-12-5-3-7-14(9-12)17-11-16(19-20(17)23(2,21)22)13-6-4-8-15(18)10-13/h3-10,17H,11H2,1-2H3/t17-/m1/s1. The van der Waals surface area contributed by atoms with Crippen LogP contribution in [0.2, 0.25) is 0 Å². The van der Waals surface area contributed by atoms with Gasteiger partial charge in [-0.25, -0.2) is 8.42 Å². The van der Waals surface area contributed by atoms with Crippen molar-refractivity contribution in [2.45, 2.75) is 19.4 Å². The molecule has 1 atom stereocenters. The average molecular weight is 393 g/mol. The molecule has 0 amide bonds. The molecule has 1 aliphatic heterocycles. The summed E-state index contributed by atoms with van der Waals surface area (Å²) in [5.74, 6) is 0. The summed E-state index contributed by atoms with van der Waals surface area (Å²) in [5.41, 5.74) is 3.78. The van der Waals surface area contributed by atoms with Crippen LogP contribution in [0.5, 0.6) is 0 Å². The zero-order valence-corrected chi connectivity index (χ0v) is 15.3. The fourth-order valence-corrected chi connectivity index (χ4v) is 4.07. The lowest BCUT2D eigenvalue weighted by molar-refractivity contribution is 0.374. The van der Waals surface area contributed by atoms with Gasteiger partial charge in [-0.1, -0.05) is 57.9 Å². The number of halogens is 1. The molecule has 0 aromatic heterocycles. The minimum Gasteiger partial charge on any atom is -0.205 e. The summed E-state index contributed by atoms with van der Waals surface area (Å²) in [6, 6.07) is 15.4. The molecule has 0 N–H and O–H groups in total. The van der Waals surface area contributed by atoms with Crippen molar-refractivity contribution in [1.82, 2.24) is 4.41 Å². The number of hydrazone groups is 1. The summed E-state index contributed by atoms with van der Waals surface area (Å²) < 4.78 is 26.5. The van der Waals surface area contributed by atoms with Crippen molar-refractivity contribution in [2.24, 2.45) is 5.10 Å². The smallest absolute Gasteiger partial charge is 0.205 e. The van der Waals surface area contributed by atoms with Crippen LogP contribution in [0.15, 0.2) is 58.1 Å². The van der Waals surface area contributed by atoms with Gasteiger partial charge in [-0.05, 0) is 30.2 Å². The second-order valence-corrected chi connectivity index (χ2v) is 8.48. The van der Waals surface area contributed by atoms with Crippen LogP contribution in [0.1, 0.15) is 29.2 Å². The van der Waals surface area contributed by atoms with Crippen molar-refractivity contribution in [1.29, 1.82) is 0 Å². The predicted octanol–water partition coefficient (Wildman–Crippen LogP) is 3.87. The first-order chi connectivity index (χ1) is 10.8. The number of sulfonamides is 1. The van der Waals surface area contributed by atoms with E-state index in [4.69, 9.17) is 0 Å². The van der Waals surface area contributed by atoms with Gasteiger partial charge in [0.15, 0.2) is 0 Å². The molecule has 0 bridgehead atoms. The van der Waals surface area contributed by atoms with Gasteiger partial charge >= 0.3 is 0 Å². The number of benzene rings is 2. The summed E-state index contributed by atoms with van der Waals surface area (Å²) in [7, 11) is -3.43. The Morgan fingerprint density at radius 1 is 1.17 bits per heavy atom. The normalized spacial score (nSPS) is 18.1. The van der Waals surface area contributed by atoms with E-state index in [9.17, 15) is 8.42 Å². The predicted molar refractivity (Wildman–Crippen MR) is 95.9 cm³/mol. The molecular weight excluding hydrogens is 376 g/mol. The molecule has 0 aliphatic carbocycles. The van der Waals surface area contributed by atoms with Crippen molar-refractivity contribution in [3.05, 3.63) is 69.7 Å². The number of nitrogens with zero attached hydrogens (tertiary/aromatic N) is 2. The molecule has 23 heavy (non-hydrogen) atoms. The topological polar surface area (TPSA) is 49.7 Å². The van der Waals surface area contributed by atoms with E-state index in [1.54, 1.807) is 0 Å². The van der Waals surface area contributed by atoms with Gasteiger partial charge in [0.05, 0.1) is 18.0 Å². The average Bonchev–Trinajstić information content (AvgIpc) is 2.92. The van der Waals surface area contributed by atoms with Crippen molar-refractivity contribution in [3.63, 3.8) is 0 Å². The maximum absolute atomic E-state index is 12.2. The van der Waals surface area contributed by atoms with Crippen LogP contribution in [-0.4, -0.2) is 24.8 Å².